The van der Waals surface area contributed by atoms with E-state index in [4.69, 9.17) is 5.26 Å². The third-order valence-corrected chi connectivity index (χ3v) is 5.39. The van der Waals surface area contributed by atoms with E-state index in [0.29, 0.717) is 30.4 Å². The van der Waals surface area contributed by atoms with E-state index in [1.807, 2.05) is 30.3 Å². The standard InChI is InChI=1S/C23H28FN5O/c1-17(2)28-12-14-29(15-13-28)19-8-6-18(7-9-19)23(30)27-11-10-26-22-5-3-4-21(24)20(22)16-25/h3-9,17,26H,10-15H2,1-2H3,(H,27,30). The number of nitrogens with one attached hydrogen (secondary N) is 2. The zero-order chi connectivity index (χ0) is 21.5. The van der Waals surface area contributed by atoms with Crippen LogP contribution in [-0.2, 0) is 0 Å². The molecule has 2 aromatic rings. The number of benzene rings is 2. The third kappa shape index (κ3) is 5.28. The van der Waals surface area contributed by atoms with Crippen LogP contribution in [0.5, 0.6) is 0 Å². The Morgan fingerprint density at radius 2 is 1.80 bits per heavy atom. The first-order chi connectivity index (χ1) is 14.5. The highest BCUT2D eigenvalue weighted by Gasteiger charge is 2.19. The minimum absolute atomic E-state index is 0.0198. The fourth-order valence-corrected chi connectivity index (χ4v) is 3.58. The number of hydrogen-bond donors (Lipinski definition) is 2. The molecule has 1 heterocycles. The van der Waals surface area contributed by atoms with Gasteiger partial charge in [-0.2, -0.15) is 5.26 Å². The van der Waals surface area contributed by atoms with Gasteiger partial charge in [-0.3, -0.25) is 9.69 Å². The molecule has 0 saturated carbocycles. The molecule has 2 N–H and O–H groups in total. The topological polar surface area (TPSA) is 71.4 Å². The fraction of sp³-hybridized carbons (Fsp3) is 0.391. The van der Waals surface area contributed by atoms with Crippen molar-refractivity contribution in [2.45, 2.75) is 19.9 Å². The molecule has 0 atom stereocenters. The van der Waals surface area contributed by atoms with Crippen LogP contribution >= 0.6 is 0 Å². The van der Waals surface area contributed by atoms with Crippen LogP contribution < -0.4 is 15.5 Å². The predicted octanol–water partition coefficient (Wildman–Crippen LogP) is 3.07. The summed E-state index contributed by atoms with van der Waals surface area (Å²) in [4.78, 5) is 17.2. The highest BCUT2D eigenvalue weighted by atomic mass is 19.1. The van der Waals surface area contributed by atoms with Gasteiger partial charge in [0.2, 0.25) is 0 Å². The lowest BCUT2D eigenvalue weighted by atomic mass is 10.1. The molecule has 1 aliphatic rings. The number of anilines is 2. The summed E-state index contributed by atoms with van der Waals surface area (Å²) >= 11 is 0. The summed E-state index contributed by atoms with van der Waals surface area (Å²) in [5.74, 6) is -0.718. The molecule has 0 aromatic heterocycles. The summed E-state index contributed by atoms with van der Waals surface area (Å²) in [5.41, 5.74) is 2.14. The summed E-state index contributed by atoms with van der Waals surface area (Å²) in [5, 5.41) is 14.9. The number of rotatable bonds is 7. The van der Waals surface area contributed by atoms with E-state index in [-0.39, 0.29) is 11.5 Å². The number of carbonyl (C=O) groups is 1. The molecule has 1 aliphatic heterocycles. The van der Waals surface area contributed by atoms with Crippen molar-refractivity contribution in [3.8, 4) is 6.07 Å². The summed E-state index contributed by atoms with van der Waals surface area (Å²) in [6, 6.07) is 14.5. The molecular weight excluding hydrogens is 381 g/mol. The SMILES string of the molecule is CC(C)N1CCN(c2ccc(C(=O)NCCNc3cccc(F)c3C#N)cc2)CC1. The Labute approximate surface area is 177 Å². The second-order valence-electron chi connectivity index (χ2n) is 7.62. The number of hydrogen-bond acceptors (Lipinski definition) is 5. The maximum atomic E-state index is 13.6. The zero-order valence-corrected chi connectivity index (χ0v) is 17.5. The summed E-state index contributed by atoms with van der Waals surface area (Å²) in [7, 11) is 0. The molecule has 1 saturated heterocycles. The van der Waals surface area contributed by atoms with Crippen molar-refractivity contribution in [2.24, 2.45) is 0 Å². The third-order valence-electron chi connectivity index (χ3n) is 5.39. The van der Waals surface area contributed by atoms with Crippen molar-refractivity contribution >= 4 is 17.3 Å². The molecule has 3 rings (SSSR count). The van der Waals surface area contributed by atoms with E-state index in [9.17, 15) is 9.18 Å². The van der Waals surface area contributed by atoms with Crippen LogP contribution in [0.15, 0.2) is 42.5 Å². The van der Waals surface area contributed by atoms with Gasteiger partial charge in [0.05, 0.1) is 5.69 Å². The van der Waals surface area contributed by atoms with Crippen molar-refractivity contribution in [1.82, 2.24) is 10.2 Å². The second kappa shape index (κ2) is 10.1. The summed E-state index contributed by atoms with van der Waals surface area (Å²) in [6.07, 6.45) is 0. The van der Waals surface area contributed by atoms with Crippen LogP contribution in [0.1, 0.15) is 29.8 Å². The first-order valence-electron chi connectivity index (χ1n) is 10.3. The van der Waals surface area contributed by atoms with Crippen LogP contribution in [0.3, 0.4) is 0 Å². The number of halogens is 1. The molecule has 2 aromatic carbocycles. The number of piperazine rings is 1. The molecular formula is C23H28FN5O. The fourth-order valence-electron chi connectivity index (χ4n) is 3.58. The molecule has 0 aliphatic carbocycles. The Morgan fingerprint density at radius 1 is 1.10 bits per heavy atom. The molecule has 7 heteroatoms. The molecule has 0 radical (unpaired) electrons. The van der Waals surface area contributed by atoms with Gasteiger partial charge >= 0.3 is 0 Å². The van der Waals surface area contributed by atoms with Gasteiger partial charge < -0.3 is 15.5 Å². The van der Waals surface area contributed by atoms with E-state index in [1.165, 1.54) is 6.07 Å². The van der Waals surface area contributed by atoms with Gasteiger partial charge in [0.1, 0.15) is 17.4 Å². The quantitative estimate of drug-likeness (QED) is 0.688. The van der Waals surface area contributed by atoms with Crippen molar-refractivity contribution in [3.05, 3.63) is 59.4 Å². The first kappa shape index (κ1) is 21.6. The second-order valence-corrected chi connectivity index (χ2v) is 7.62. The van der Waals surface area contributed by atoms with Gasteiger partial charge in [-0.25, -0.2) is 4.39 Å². The number of nitrogens with zero attached hydrogens (tertiary/aromatic N) is 3. The molecule has 0 spiro atoms. The van der Waals surface area contributed by atoms with Gasteiger partial charge in [-0.15, -0.1) is 0 Å². The predicted molar refractivity (Wildman–Crippen MR) is 117 cm³/mol. The first-order valence-corrected chi connectivity index (χ1v) is 10.3. The van der Waals surface area contributed by atoms with Crippen molar-refractivity contribution in [1.29, 1.82) is 5.26 Å². The highest BCUT2D eigenvalue weighted by Crippen LogP contribution is 2.19. The van der Waals surface area contributed by atoms with E-state index in [0.717, 1.165) is 31.9 Å². The molecule has 30 heavy (non-hydrogen) atoms. The highest BCUT2D eigenvalue weighted by molar-refractivity contribution is 5.94. The Balaban J connectivity index is 1.46. The lowest BCUT2D eigenvalue weighted by Gasteiger charge is -2.38. The largest absolute Gasteiger partial charge is 0.382 e. The normalized spacial score (nSPS) is 14.4. The van der Waals surface area contributed by atoms with Gasteiger partial charge in [-0.05, 0) is 50.2 Å². The maximum absolute atomic E-state index is 13.6. The van der Waals surface area contributed by atoms with Crippen LogP contribution in [0.2, 0.25) is 0 Å². The minimum atomic E-state index is -0.558. The Kier molecular flexibility index (Phi) is 7.26. The van der Waals surface area contributed by atoms with Crippen molar-refractivity contribution in [2.75, 3.05) is 49.5 Å². The maximum Gasteiger partial charge on any atom is 0.251 e. The van der Waals surface area contributed by atoms with E-state index >= 15 is 0 Å². The number of nitriles is 1. The molecule has 6 nitrogen and oxygen atoms in total. The Morgan fingerprint density at radius 3 is 2.43 bits per heavy atom. The molecule has 158 valence electrons. The van der Waals surface area contributed by atoms with Crippen molar-refractivity contribution in [3.63, 3.8) is 0 Å². The van der Waals surface area contributed by atoms with Crippen LogP contribution in [0, 0.1) is 17.1 Å². The minimum Gasteiger partial charge on any atom is -0.382 e. The molecule has 0 unspecified atom stereocenters. The van der Waals surface area contributed by atoms with Crippen LogP contribution in [0.4, 0.5) is 15.8 Å². The van der Waals surface area contributed by atoms with Gasteiger partial charge in [-0.1, -0.05) is 6.07 Å². The summed E-state index contributed by atoms with van der Waals surface area (Å²) in [6.45, 7) is 9.26. The summed E-state index contributed by atoms with van der Waals surface area (Å²) < 4.78 is 13.6. The number of amides is 1. The monoisotopic (exact) mass is 409 g/mol. The van der Waals surface area contributed by atoms with Gasteiger partial charge in [0.25, 0.3) is 5.91 Å². The Bertz CT molecular complexity index is 899. The molecule has 1 fully saturated rings. The van der Waals surface area contributed by atoms with Crippen molar-refractivity contribution < 1.29 is 9.18 Å². The molecule has 0 bridgehead atoms. The smallest absolute Gasteiger partial charge is 0.251 e. The number of carbonyl (C=O) groups excluding carboxylic acids is 1. The van der Waals surface area contributed by atoms with Gasteiger partial charge in [0.15, 0.2) is 0 Å². The molecule has 1 amide bonds. The zero-order valence-electron chi connectivity index (χ0n) is 17.5. The van der Waals surface area contributed by atoms with Crippen LogP contribution in [-0.4, -0.2) is 56.1 Å². The Hall–Kier alpha value is -3.11. The average Bonchev–Trinajstić information content (AvgIpc) is 2.77. The average molecular weight is 410 g/mol. The van der Waals surface area contributed by atoms with E-state index in [1.54, 1.807) is 12.1 Å². The lowest BCUT2D eigenvalue weighted by molar-refractivity contribution is 0.0955. The van der Waals surface area contributed by atoms with E-state index < -0.39 is 5.82 Å². The van der Waals surface area contributed by atoms with E-state index in [2.05, 4.69) is 34.3 Å². The lowest BCUT2D eigenvalue weighted by Crippen LogP contribution is -2.48. The van der Waals surface area contributed by atoms with Crippen LogP contribution in [0.25, 0.3) is 0 Å². The van der Waals surface area contributed by atoms with Gasteiger partial charge in [0, 0.05) is 56.6 Å².